The molecule has 0 spiro atoms. The first kappa shape index (κ1) is 19.2. The fourth-order valence-corrected chi connectivity index (χ4v) is 4.84. The van der Waals surface area contributed by atoms with Crippen LogP contribution in [0.25, 0.3) is 0 Å². The van der Waals surface area contributed by atoms with Crippen molar-refractivity contribution in [2.75, 3.05) is 51.3 Å². The van der Waals surface area contributed by atoms with Crippen LogP contribution < -0.4 is 14.4 Å². The van der Waals surface area contributed by atoms with Gasteiger partial charge in [0.15, 0.2) is 11.5 Å². The molecule has 0 bridgehead atoms. The summed E-state index contributed by atoms with van der Waals surface area (Å²) in [6.45, 7) is 5.08. The zero-order valence-electron chi connectivity index (χ0n) is 17.5. The van der Waals surface area contributed by atoms with Gasteiger partial charge in [0, 0.05) is 38.9 Å². The Labute approximate surface area is 178 Å². The molecule has 5 rings (SSSR count). The Morgan fingerprint density at radius 2 is 1.87 bits per heavy atom. The van der Waals surface area contributed by atoms with Gasteiger partial charge in [0.2, 0.25) is 5.91 Å². The fourth-order valence-electron chi connectivity index (χ4n) is 4.84. The normalized spacial score (nSPS) is 21.3. The molecule has 0 saturated carbocycles. The Morgan fingerprint density at radius 1 is 1.03 bits per heavy atom. The number of fused-ring (bicyclic) bond motifs is 2. The largest absolute Gasteiger partial charge is 0.486 e. The molecular formula is C24H29N3O3. The number of para-hydroxylation sites is 1. The number of carbonyl (C=O) groups is 1. The van der Waals surface area contributed by atoms with Crippen LogP contribution in [0.3, 0.4) is 0 Å². The van der Waals surface area contributed by atoms with Crippen LogP contribution in [0.2, 0.25) is 0 Å². The summed E-state index contributed by atoms with van der Waals surface area (Å²) >= 11 is 0. The number of amides is 1. The maximum atomic E-state index is 13.3. The molecule has 30 heavy (non-hydrogen) atoms. The lowest BCUT2D eigenvalue weighted by atomic mass is 10.0. The van der Waals surface area contributed by atoms with E-state index >= 15 is 0 Å². The molecule has 3 aliphatic heterocycles. The van der Waals surface area contributed by atoms with Crippen molar-refractivity contribution in [2.45, 2.75) is 25.4 Å². The Hall–Kier alpha value is -2.73. The van der Waals surface area contributed by atoms with E-state index in [4.69, 9.17) is 9.47 Å². The Morgan fingerprint density at radius 3 is 2.77 bits per heavy atom. The summed E-state index contributed by atoms with van der Waals surface area (Å²) in [6.07, 6.45) is 2.04. The first-order chi connectivity index (χ1) is 14.7. The third-order valence-corrected chi connectivity index (χ3v) is 6.43. The van der Waals surface area contributed by atoms with Gasteiger partial charge in [-0.05, 0) is 42.2 Å². The fraction of sp³-hybridized carbons (Fsp3) is 0.458. The number of carbonyl (C=O) groups excluding carboxylic acids is 1. The maximum absolute atomic E-state index is 13.3. The lowest BCUT2D eigenvalue weighted by molar-refractivity contribution is -0.133. The van der Waals surface area contributed by atoms with Crippen LogP contribution in [0.15, 0.2) is 42.5 Å². The summed E-state index contributed by atoms with van der Waals surface area (Å²) in [6, 6.07) is 14.7. The molecule has 6 nitrogen and oxygen atoms in total. The SMILES string of the molecule is CN1CCN(CC(=O)N2CCCC2c2ccc3c(c2)OCCO3)Cc2ccccc21. The number of anilines is 1. The van der Waals surface area contributed by atoms with Crippen molar-refractivity contribution in [3.8, 4) is 11.5 Å². The highest BCUT2D eigenvalue weighted by molar-refractivity contribution is 5.79. The van der Waals surface area contributed by atoms with Crippen molar-refractivity contribution < 1.29 is 14.3 Å². The molecule has 1 unspecified atom stereocenters. The van der Waals surface area contributed by atoms with E-state index in [0.29, 0.717) is 19.8 Å². The van der Waals surface area contributed by atoms with E-state index in [1.807, 2.05) is 6.07 Å². The molecule has 0 N–H and O–H groups in total. The minimum Gasteiger partial charge on any atom is -0.486 e. The summed E-state index contributed by atoms with van der Waals surface area (Å²) in [4.78, 5) is 19.9. The van der Waals surface area contributed by atoms with E-state index < -0.39 is 0 Å². The smallest absolute Gasteiger partial charge is 0.237 e. The van der Waals surface area contributed by atoms with E-state index in [-0.39, 0.29) is 11.9 Å². The number of likely N-dealkylation sites (tertiary alicyclic amines) is 1. The van der Waals surface area contributed by atoms with Gasteiger partial charge in [0.1, 0.15) is 13.2 Å². The van der Waals surface area contributed by atoms with E-state index in [9.17, 15) is 4.79 Å². The first-order valence-corrected chi connectivity index (χ1v) is 10.9. The summed E-state index contributed by atoms with van der Waals surface area (Å²) in [5, 5.41) is 0. The summed E-state index contributed by atoms with van der Waals surface area (Å²) < 4.78 is 11.4. The molecule has 2 aromatic carbocycles. The minimum atomic E-state index is 0.121. The predicted molar refractivity (Wildman–Crippen MR) is 116 cm³/mol. The highest BCUT2D eigenvalue weighted by Crippen LogP contribution is 2.38. The van der Waals surface area contributed by atoms with Crippen molar-refractivity contribution in [3.05, 3.63) is 53.6 Å². The molecule has 1 atom stereocenters. The van der Waals surface area contributed by atoms with Crippen LogP contribution >= 0.6 is 0 Å². The Kier molecular flexibility index (Phi) is 5.25. The topological polar surface area (TPSA) is 45.2 Å². The molecule has 2 aromatic rings. The third-order valence-electron chi connectivity index (χ3n) is 6.43. The van der Waals surface area contributed by atoms with Gasteiger partial charge >= 0.3 is 0 Å². The number of hydrogen-bond acceptors (Lipinski definition) is 5. The number of likely N-dealkylation sites (N-methyl/N-ethyl adjacent to an activating group) is 1. The first-order valence-electron chi connectivity index (χ1n) is 10.9. The molecule has 0 radical (unpaired) electrons. The minimum absolute atomic E-state index is 0.121. The van der Waals surface area contributed by atoms with Gasteiger partial charge in [-0.1, -0.05) is 24.3 Å². The highest BCUT2D eigenvalue weighted by Gasteiger charge is 2.32. The molecule has 1 fully saturated rings. The second-order valence-corrected chi connectivity index (χ2v) is 8.41. The average Bonchev–Trinajstić information content (AvgIpc) is 3.21. The molecule has 0 aliphatic carbocycles. The van der Waals surface area contributed by atoms with E-state index in [1.54, 1.807) is 0 Å². The summed E-state index contributed by atoms with van der Waals surface area (Å²) in [5.74, 6) is 1.81. The lowest BCUT2D eigenvalue weighted by Gasteiger charge is -2.29. The molecule has 0 aromatic heterocycles. The number of ether oxygens (including phenoxy) is 2. The zero-order valence-corrected chi connectivity index (χ0v) is 17.5. The molecule has 1 saturated heterocycles. The van der Waals surface area contributed by atoms with Gasteiger partial charge in [0.05, 0.1) is 12.6 Å². The van der Waals surface area contributed by atoms with Crippen molar-refractivity contribution in [1.29, 1.82) is 0 Å². The molecule has 1 amide bonds. The second-order valence-electron chi connectivity index (χ2n) is 8.41. The lowest BCUT2D eigenvalue weighted by Crippen LogP contribution is -2.41. The predicted octanol–water partition coefficient (Wildman–Crippen LogP) is 3.07. The van der Waals surface area contributed by atoms with E-state index in [1.165, 1.54) is 11.3 Å². The maximum Gasteiger partial charge on any atom is 0.237 e. The molecule has 3 heterocycles. The third kappa shape index (κ3) is 3.72. The van der Waals surface area contributed by atoms with Crippen LogP contribution in [0.1, 0.15) is 30.0 Å². The number of hydrogen-bond donors (Lipinski definition) is 0. The number of rotatable bonds is 3. The zero-order chi connectivity index (χ0) is 20.5. The monoisotopic (exact) mass is 407 g/mol. The van der Waals surface area contributed by atoms with Gasteiger partial charge in [-0.3, -0.25) is 9.69 Å². The summed E-state index contributed by atoms with van der Waals surface area (Å²) in [5.41, 5.74) is 3.70. The highest BCUT2D eigenvalue weighted by atomic mass is 16.6. The van der Waals surface area contributed by atoms with Crippen LogP contribution in [0.4, 0.5) is 5.69 Å². The van der Waals surface area contributed by atoms with Crippen LogP contribution in [0.5, 0.6) is 11.5 Å². The molecule has 3 aliphatic rings. The summed E-state index contributed by atoms with van der Waals surface area (Å²) in [7, 11) is 2.13. The Bertz CT molecular complexity index is 932. The molecule has 158 valence electrons. The quantitative estimate of drug-likeness (QED) is 0.783. The van der Waals surface area contributed by atoms with Crippen LogP contribution in [-0.2, 0) is 11.3 Å². The van der Waals surface area contributed by atoms with Gasteiger partial charge in [-0.2, -0.15) is 0 Å². The number of benzene rings is 2. The van der Waals surface area contributed by atoms with Gasteiger partial charge in [-0.15, -0.1) is 0 Å². The van der Waals surface area contributed by atoms with Crippen LogP contribution in [-0.4, -0.2) is 62.1 Å². The average molecular weight is 408 g/mol. The van der Waals surface area contributed by atoms with Gasteiger partial charge in [-0.25, -0.2) is 0 Å². The molecule has 6 heteroatoms. The van der Waals surface area contributed by atoms with Crippen molar-refractivity contribution in [2.24, 2.45) is 0 Å². The van der Waals surface area contributed by atoms with Crippen molar-refractivity contribution in [1.82, 2.24) is 9.80 Å². The van der Waals surface area contributed by atoms with Crippen LogP contribution in [0, 0.1) is 0 Å². The van der Waals surface area contributed by atoms with E-state index in [0.717, 1.165) is 56.1 Å². The Balaban J connectivity index is 1.30. The van der Waals surface area contributed by atoms with E-state index in [2.05, 4.69) is 58.1 Å². The number of nitrogens with zero attached hydrogens (tertiary/aromatic N) is 3. The van der Waals surface area contributed by atoms with Crippen molar-refractivity contribution >= 4 is 11.6 Å². The molecular weight excluding hydrogens is 378 g/mol. The second kappa shape index (κ2) is 8.19. The van der Waals surface area contributed by atoms with Gasteiger partial charge < -0.3 is 19.3 Å². The van der Waals surface area contributed by atoms with Crippen molar-refractivity contribution in [3.63, 3.8) is 0 Å². The standard InChI is InChI=1S/C24H29N3O3/c1-25-11-12-26(16-19-5-2-3-6-20(19)25)17-24(28)27-10-4-7-21(27)18-8-9-22-23(15-18)30-14-13-29-22/h2-3,5-6,8-9,15,21H,4,7,10-14,16-17H2,1H3. The van der Waals surface area contributed by atoms with Gasteiger partial charge in [0.25, 0.3) is 0 Å².